The van der Waals surface area contributed by atoms with Crippen LogP contribution in [0.4, 0.5) is 5.69 Å². The molecule has 0 saturated heterocycles. The molecule has 1 amide bonds. The molecule has 7 nitrogen and oxygen atoms in total. The van der Waals surface area contributed by atoms with E-state index in [1.807, 2.05) is 20.0 Å². The standard InChI is InChI=1S/C19H26N4O3S2/c1-4-22(5-2)28(25,26)17-12-15(7-6-14(17)3)21-18(24)13-27-19-20-10-11-23(19)16-8-9-16/h6-7,10-12,16H,4-5,8-9,13H2,1-3H3,(H,21,24). The van der Waals surface area contributed by atoms with Gasteiger partial charge in [0.25, 0.3) is 0 Å². The van der Waals surface area contributed by atoms with Gasteiger partial charge in [0.1, 0.15) is 0 Å². The zero-order valence-corrected chi connectivity index (χ0v) is 18.0. The quantitative estimate of drug-likeness (QED) is 0.627. The Labute approximate surface area is 170 Å². The molecule has 1 fully saturated rings. The Morgan fingerprint density at radius 2 is 2.04 bits per heavy atom. The molecule has 1 N–H and O–H groups in total. The molecule has 1 aliphatic carbocycles. The van der Waals surface area contributed by atoms with Gasteiger partial charge in [0, 0.05) is 37.2 Å². The maximum absolute atomic E-state index is 12.8. The van der Waals surface area contributed by atoms with Crippen LogP contribution in [0, 0.1) is 6.92 Å². The van der Waals surface area contributed by atoms with Crippen molar-refractivity contribution in [3.63, 3.8) is 0 Å². The molecular weight excluding hydrogens is 396 g/mol. The van der Waals surface area contributed by atoms with Crippen molar-refractivity contribution in [1.82, 2.24) is 13.9 Å². The molecule has 1 aromatic heterocycles. The molecule has 0 aliphatic heterocycles. The molecule has 1 aliphatic rings. The lowest BCUT2D eigenvalue weighted by Gasteiger charge is -2.20. The number of thioether (sulfide) groups is 1. The number of carbonyl (C=O) groups is 1. The lowest BCUT2D eigenvalue weighted by Crippen LogP contribution is -2.31. The summed E-state index contributed by atoms with van der Waals surface area (Å²) >= 11 is 1.39. The van der Waals surface area contributed by atoms with Crippen LogP contribution >= 0.6 is 11.8 Å². The number of benzene rings is 1. The smallest absolute Gasteiger partial charge is 0.243 e. The fourth-order valence-corrected chi connectivity index (χ4v) is 5.56. The highest BCUT2D eigenvalue weighted by Gasteiger charge is 2.26. The van der Waals surface area contributed by atoms with Crippen molar-refractivity contribution in [2.45, 2.75) is 49.7 Å². The van der Waals surface area contributed by atoms with Gasteiger partial charge in [-0.1, -0.05) is 31.7 Å². The molecule has 0 spiro atoms. The first kappa shape index (κ1) is 20.9. The third-order valence-corrected chi connectivity index (χ3v) is 7.87. The average Bonchev–Trinajstić information content (AvgIpc) is 3.40. The Balaban J connectivity index is 1.68. The number of rotatable bonds is 9. The van der Waals surface area contributed by atoms with Crippen LogP contribution in [0.2, 0.25) is 0 Å². The van der Waals surface area contributed by atoms with E-state index in [1.165, 1.54) is 22.1 Å². The van der Waals surface area contributed by atoms with Gasteiger partial charge in [0.15, 0.2) is 5.16 Å². The van der Waals surface area contributed by atoms with Crippen LogP contribution in [0.3, 0.4) is 0 Å². The SMILES string of the molecule is CCN(CC)S(=O)(=O)c1cc(NC(=O)CSc2nccn2C2CC2)ccc1C. The average molecular weight is 423 g/mol. The molecule has 9 heteroatoms. The van der Waals surface area contributed by atoms with Crippen LogP contribution in [-0.4, -0.2) is 47.0 Å². The minimum absolute atomic E-state index is 0.189. The Morgan fingerprint density at radius 1 is 1.32 bits per heavy atom. The van der Waals surface area contributed by atoms with Crippen LogP contribution in [0.15, 0.2) is 40.6 Å². The predicted molar refractivity (Wildman–Crippen MR) is 111 cm³/mol. The second kappa shape index (κ2) is 8.67. The van der Waals surface area contributed by atoms with Crippen LogP contribution in [0.25, 0.3) is 0 Å². The summed E-state index contributed by atoms with van der Waals surface area (Å²) in [5, 5.41) is 3.64. The summed E-state index contributed by atoms with van der Waals surface area (Å²) in [5.74, 6) is 0.0285. The van der Waals surface area contributed by atoms with Gasteiger partial charge in [-0.25, -0.2) is 13.4 Å². The summed E-state index contributed by atoms with van der Waals surface area (Å²) in [6, 6.07) is 5.50. The van der Waals surface area contributed by atoms with E-state index in [1.54, 1.807) is 25.3 Å². The van der Waals surface area contributed by atoms with E-state index in [9.17, 15) is 13.2 Å². The Hall–Kier alpha value is -1.84. The number of imidazole rings is 1. The summed E-state index contributed by atoms with van der Waals surface area (Å²) < 4.78 is 29.2. The molecular formula is C19H26N4O3S2. The van der Waals surface area contributed by atoms with Gasteiger partial charge in [-0.05, 0) is 37.5 Å². The van der Waals surface area contributed by atoms with Crippen molar-refractivity contribution in [2.75, 3.05) is 24.2 Å². The van der Waals surface area contributed by atoms with Crippen molar-refractivity contribution >= 4 is 33.4 Å². The third kappa shape index (κ3) is 4.59. The number of amides is 1. The molecule has 0 atom stereocenters. The summed E-state index contributed by atoms with van der Waals surface area (Å²) in [6.07, 6.45) is 6.01. The molecule has 152 valence electrons. The summed E-state index contributed by atoms with van der Waals surface area (Å²) in [6.45, 7) is 6.18. The van der Waals surface area contributed by atoms with Gasteiger partial charge < -0.3 is 9.88 Å². The summed E-state index contributed by atoms with van der Waals surface area (Å²) in [4.78, 5) is 16.9. The van der Waals surface area contributed by atoms with Gasteiger partial charge in [0.2, 0.25) is 15.9 Å². The minimum atomic E-state index is -3.58. The highest BCUT2D eigenvalue weighted by molar-refractivity contribution is 7.99. The number of aryl methyl sites for hydroxylation is 1. The van der Waals surface area contributed by atoms with Gasteiger partial charge in [0.05, 0.1) is 10.6 Å². The molecule has 3 rings (SSSR count). The molecule has 1 heterocycles. The normalized spacial score (nSPS) is 14.4. The predicted octanol–water partition coefficient (Wildman–Crippen LogP) is 3.29. The highest BCUT2D eigenvalue weighted by Crippen LogP contribution is 2.37. The van der Waals surface area contributed by atoms with Crippen LogP contribution < -0.4 is 5.32 Å². The molecule has 0 bridgehead atoms. The Morgan fingerprint density at radius 3 is 2.68 bits per heavy atom. The molecule has 1 saturated carbocycles. The largest absolute Gasteiger partial charge is 0.325 e. The number of carbonyl (C=O) groups excluding carboxylic acids is 1. The monoisotopic (exact) mass is 422 g/mol. The minimum Gasteiger partial charge on any atom is -0.325 e. The maximum atomic E-state index is 12.8. The first-order valence-corrected chi connectivity index (χ1v) is 11.9. The molecule has 28 heavy (non-hydrogen) atoms. The highest BCUT2D eigenvalue weighted by atomic mass is 32.2. The Bertz CT molecular complexity index is 948. The molecule has 0 radical (unpaired) electrons. The second-order valence-electron chi connectivity index (χ2n) is 6.75. The first-order chi connectivity index (χ1) is 13.4. The number of hydrogen-bond donors (Lipinski definition) is 1. The van der Waals surface area contributed by atoms with Gasteiger partial charge >= 0.3 is 0 Å². The van der Waals surface area contributed by atoms with E-state index >= 15 is 0 Å². The molecule has 1 aromatic carbocycles. The van der Waals surface area contributed by atoms with Crippen molar-refractivity contribution in [2.24, 2.45) is 0 Å². The van der Waals surface area contributed by atoms with E-state index in [4.69, 9.17) is 0 Å². The van der Waals surface area contributed by atoms with E-state index in [0.29, 0.717) is 30.4 Å². The second-order valence-corrected chi connectivity index (χ2v) is 9.60. The number of nitrogens with zero attached hydrogens (tertiary/aromatic N) is 3. The topological polar surface area (TPSA) is 84.3 Å². The maximum Gasteiger partial charge on any atom is 0.243 e. The van der Waals surface area contributed by atoms with E-state index in [0.717, 1.165) is 18.0 Å². The van der Waals surface area contributed by atoms with E-state index < -0.39 is 10.0 Å². The zero-order chi connectivity index (χ0) is 20.3. The number of anilines is 1. The van der Waals surface area contributed by atoms with Crippen molar-refractivity contribution in [3.05, 3.63) is 36.2 Å². The van der Waals surface area contributed by atoms with Crippen LogP contribution in [-0.2, 0) is 14.8 Å². The van der Waals surface area contributed by atoms with Crippen molar-refractivity contribution in [3.8, 4) is 0 Å². The van der Waals surface area contributed by atoms with Crippen molar-refractivity contribution in [1.29, 1.82) is 0 Å². The first-order valence-electron chi connectivity index (χ1n) is 9.43. The molecule has 0 unspecified atom stereocenters. The Kier molecular flexibility index (Phi) is 6.47. The van der Waals surface area contributed by atoms with Crippen molar-refractivity contribution < 1.29 is 13.2 Å². The van der Waals surface area contributed by atoms with Gasteiger partial charge in [-0.3, -0.25) is 4.79 Å². The summed E-state index contributed by atoms with van der Waals surface area (Å²) in [7, 11) is -3.58. The number of hydrogen-bond acceptors (Lipinski definition) is 5. The number of aromatic nitrogens is 2. The van der Waals surface area contributed by atoms with E-state index in [2.05, 4.69) is 14.9 Å². The fraction of sp³-hybridized carbons (Fsp3) is 0.474. The fourth-order valence-electron chi connectivity index (χ4n) is 3.03. The number of nitrogens with one attached hydrogen (secondary N) is 1. The van der Waals surface area contributed by atoms with E-state index in [-0.39, 0.29) is 16.6 Å². The summed E-state index contributed by atoms with van der Waals surface area (Å²) in [5.41, 5.74) is 1.14. The lowest BCUT2D eigenvalue weighted by molar-refractivity contribution is -0.113. The molecule has 2 aromatic rings. The third-order valence-electron chi connectivity index (χ3n) is 4.70. The zero-order valence-electron chi connectivity index (χ0n) is 16.4. The lowest BCUT2D eigenvalue weighted by atomic mass is 10.2. The van der Waals surface area contributed by atoms with Gasteiger partial charge in [-0.15, -0.1) is 0 Å². The number of sulfonamides is 1. The van der Waals surface area contributed by atoms with Crippen LogP contribution in [0.5, 0.6) is 0 Å². The van der Waals surface area contributed by atoms with Gasteiger partial charge in [-0.2, -0.15) is 4.31 Å². The van der Waals surface area contributed by atoms with Crippen LogP contribution in [0.1, 0.15) is 38.3 Å².